The van der Waals surface area contributed by atoms with Gasteiger partial charge in [-0.05, 0) is 64.0 Å². The molecule has 4 atom stereocenters. The summed E-state index contributed by atoms with van der Waals surface area (Å²) in [7, 11) is 0. The summed E-state index contributed by atoms with van der Waals surface area (Å²) in [5.41, 5.74) is 22.1. The molecule has 0 aliphatic carbocycles. The fourth-order valence-electron chi connectivity index (χ4n) is 3.47. The van der Waals surface area contributed by atoms with Gasteiger partial charge in [-0.15, -0.1) is 0 Å². The summed E-state index contributed by atoms with van der Waals surface area (Å²) < 4.78 is 0. The molecule has 0 saturated carbocycles. The van der Waals surface area contributed by atoms with Crippen molar-refractivity contribution in [1.29, 1.82) is 0 Å². The lowest BCUT2D eigenvalue weighted by atomic mass is 10.0. The number of carboxylic acid groups (broad SMARTS) is 1. The number of rotatable bonds is 20. The smallest absolute Gasteiger partial charge is 0.326 e. The lowest BCUT2D eigenvalue weighted by molar-refractivity contribution is -0.142. The zero-order valence-corrected chi connectivity index (χ0v) is 21.5. The van der Waals surface area contributed by atoms with Crippen molar-refractivity contribution in [2.24, 2.45) is 28.9 Å². The van der Waals surface area contributed by atoms with Crippen LogP contribution in [0.15, 0.2) is 0 Å². The maximum Gasteiger partial charge on any atom is 0.326 e. The van der Waals surface area contributed by atoms with E-state index in [0.717, 1.165) is 0 Å². The lowest BCUT2D eigenvalue weighted by Crippen LogP contribution is -2.57. The van der Waals surface area contributed by atoms with Gasteiger partial charge in [-0.25, -0.2) is 4.79 Å². The lowest BCUT2D eigenvalue weighted by Gasteiger charge is -2.25. The Bertz CT molecular complexity index is 719. The van der Waals surface area contributed by atoms with Crippen molar-refractivity contribution >= 4 is 29.6 Å². The Hall–Kier alpha value is -2.77. The van der Waals surface area contributed by atoms with Crippen molar-refractivity contribution in [2.45, 2.75) is 95.8 Å². The van der Waals surface area contributed by atoms with E-state index in [1.54, 1.807) is 0 Å². The molecule has 4 amide bonds. The molecule has 13 nitrogen and oxygen atoms in total. The fraction of sp³-hybridized carbons (Fsp3) is 0.783. The molecule has 0 aromatic carbocycles. The van der Waals surface area contributed by atoms with E-state index >= 15 is 0 Å². The van der Waals surface area contributed by atoms with Crippen LogP contribution < -0.4 is 38.9 Å². The zero-order valence-electron chi connectivity index (χ0n) is 21.5. The summed E-state index contributed by atoms with van der Waals surface area (Å²) in [5, 5.41) is 17.1. The van der Waals surface area contributed by atoms with Gasteiger partial charge in [0.15, 0.2) is 0 Å². The van der Waals surface area contributed by atoms with Crippen LogP contribution in [0, 0.1) is 5.92 Å². The van der Waals surface area contributed by atoms with Gasteiger partial charge in [0.05, 0.1) is 6.04 Å². The van der Waals surface area contributed by atoms with Crippen LogP contribution in [-0.2, 0) is 24.0 Å². The highest BCUT2D eigenvalue weighted by molar-refractivity contribution is 5.94. The topological polar surface area (TPSA) is 246 Å². The summed E-state index contributed by atoms with van der Waals surface area (Å²) in [6.45, 7) is 4.50. The Morgan fingerprint density at radius 2 is 1.19 bits per heavy atom. The summed E-state index contributed by atoms with van der Waals surface area (Å²) in [6, 6.07) is -4.23. The normalized spacial score (nSPS) is 14.4. The van der Waals surface area contributed by atoms with Crippen LogP contribution in [0.1, 0.15) is 71.6 Å². The van der Waals surface area contributed by atoms with Crippen LogP contribution in [-0.4, -0.2) is 72.0 Å². The SMILES string of the molecule is CC(C)CC(NC(=O)C(CCCCN)NC(=O)C(CCC(N)=O)NC(=O)C(N)CCCCN)C(=O)O. The number of hydrogen-bond acceptors (Lipinski definition) is 8. The molecule has 0 aliphatic heterocycles. The Morgan fingerprint density at radius 1 is 0.722 bits per heavy atom. The van der Waals surface area contributed by atoms with Crippen molar-refractivity contribution in [3.63, 3.8) is 0 Å². The molecule has 0 aliphatic rings. The molecule has 36 heavy (non-hydrogen) atoms. The first-order valence-electron chi connectivity index (χ1n) is 12.5. The van der Waals surface area contributed by atoms with E-state index in [1.807, 2.05) is 13.8 Å². The molecule has 0 saturated heterocycles. The first-order valence-corrected chi connectivity index (χ1v) is 12.5. The molecular formula is C23H45N7O6. The largest absolute Gasteiger partial charge is 0.480 e. The van der Waals surface area contributed by atoms with Crippen molar-refractivity contribution < 1.29 is 29.1 Å². The molecule has 0 rings (SSSR count). The molecule has 0 spiro atoms. The standard InChI is InChI=1S/C23H45N7O6/c1-14(2)13-18(23(35)36)30-21(33)16(8-4-6-12-25)29-22(34)17(9-10-19(27)31)28-20(32)15(26)7-3-5-11-24/h14-18H,3-13,24-26H2,1-2H3,(H2,27,31)(H,28,32)(H,29,34)(H,30,33)(H,35,36). The van der Waals surface area contributed by atoms with E-state index in [4.69, 9.17) is 22.9 Å². The molecule has 13 heteroatoms. The number of primary amides is 1. The second-order valence-corrected chi connectivity index (χ2v) is 9.33. The number of amides is 4. The molecule has 208 valence electrons. The second-order valence-electron chi connectivity index (χ2n) is 9.33. The van der Waals surface area contributed by atoms with Gasteiger partial charge >= 0.3 is 5.97 Å². The van der Waals surface area contributed by atoms with Gasteiger partial charge in [0.2, 0.25) is 23.6 Å². The molecule has 0 bridgehead atoms. The predicted molar refractivity (Wildman–Crippen MR) is 135 cm³/mol. The van der Waals surface area contributed by atoms with Gasteiger partial charge < -0.3 is 44.0 Å². The van der Waals surface area contributed by atoms with Gasteiger partial charge in [-0.2, -0.15) is 0 Å². The fourth-order valence-corrected chi connectivity index (χ4v) is 3.47. The van der Waals surface area contributed by atoms with Gasteiger partial charge in [0.25, 0.3) is 0 Å². The number of carboxylic acids is 1. The number of nitrogens with two attached hydrogens (primary N) is 4. The minimum atomic E-state index is -1.18. The highest BCUT2D eigenvalue weighted by atomic mass is 16.4. The number of nitrogens with one attached hydrogen (secondary N) is 3. The molecule has 0 heterocycles. The second kappa shape index (κ2) is 18.5. The monoisotopic (exact) mass is 515 g/mol. The highest BCUT2D eigenvalue weighted by Crippen LogP contribution is 2.09. The number of carbonyl (C=O) groups excluding carboxylic acids is 4. The summed E-state index contributed by atoms with van der Waals surface area (Å²) in [5.74, 6) is -3.78. The van der Waals surface area contributed by atoms with Gasteiger partial charge in [-0.1, -0.05) is 20.3 Å². The van der Waals surface area contributed by atoms with E-state index in [0.29, 0.717) is 45.2 Å². The maximum atomic E-state index is 13.1. The van der Waals surface area contributed by atoms with Crippen molar-refractivity contribution in [1.82, 2.24) is 16.0 Å². The van der Waals surface area contributed by atoms with Crippen molar-refractivity contribution in [3.8, 4) is 0 Å². The van der Waals surface area contributed by atoms with Crippen LogP contribution in [0.2, 0.25) is 0 Å². The summed E-state index contributed by atoms with van der Waals surface area (Å²) >= 11 is 0. The average Bonchev–Trinajstić information content (AvgIpc) is 2.79. The number of carbonyl (C=O) groups is 5. The van der Waals surface area contributed by atoms with Crippen molar-refractivity contribution in [3.05, 3.63) is 0 Å². The number of hydrogen-bond donors (Lipinski definition) is 8. The quantitative estimate of drug-likeness (QED) is 0.0870. The van der Waals surface area contributed by atoms with Gasteiger partial charge in [0.1, 0.15) is 18.1 Å². The predicted octanol–water partition coefficient (Wildman–Crippen LogP) is -1.58. The Labute approximate surface area is 212 Å². The highest BCUT2D eigenvalue weighted by Gasteiger charge is 2.30. The van der Waals surface area contributed by atoms with Gasteiger partial charge in [0, 0.05) is 6.42 Å². The Kier molecular flexibility index (Phi) is 17.1. The van der Waals surface area contributed by atoms with Crippen LogP contribution in [0.25, 0.3) is 0 Å². The number of unbranched alkanes of at least 4 members (excludes halogenated alkanes) is 2. The van der Waals surface area contributed by atoms with Crippen LogP contribution >= 0.6 is 0 Å². The molecule has 0 aromatic rings. The summed E-state index contributed by atoms with van der Waals surface area (Å²) in [4.78, 5) is 61.4. The third-order valence-electron chi connectivity index (χ3n) is 5.52. The first kappa shape index (κ1) is 33.2. The zero-order chi connectivity index (χ0) is 27.7. The minimum Gasteiger partial charge on any atom is -0.480 e. The third-order valence-corrected chi connectivity index (χ3v) is 5.52. The van der Waals surface area contributed by atoms with E-state index in [2.05, 4.69) is 16.0 Å². The average molecular weight is 516 g/mol. The van der Waals surface area contributed by atoms with Crippen LogP contribution in [0.5, 0.6) is 0 Å². The minimum absolute atomic E-state index is 0.0131. The molecular weight excluding hydrogens is 470 g/mol. The van der Waals surface area contributed by atoms with E-state index < -0.39 is 53.8 Å². The molecule has 4 unspecified atom stereocenters. The van der Waals surface area contributed by atoms with Crippen LogP contribution in [0.3, 0.4) is 0 Å². The first-order chi connectivity index (χ1) is 16.9. The van der Waals surface area contributed by atoms with Gasteiger partial charge in [-0.3, -0.25) is 19.2 Å². The number of aliphatic carboxylic acids is 1. The summed E-state index contributed by atoms with van der Waals surface area (Å²) in [6.07, 6.45) is 2.93. The Morgan fingerprint density at radius 3 is 1.67 bits per heavy atom. The maximum absolute atomic E-state index is 13.1. The molecule has 0 fully saturated rings. The van der Waals surface area contributed by atoms with E-state index in [-0.39, 0.29) is 31.6 Å². The molecule has 0 aromatic heterocycles. The Balaban J connectivity index is 5.52. The van der Waals surface area contributed by atoms with E-state index in [1.165, 1.54) is 0 Å². The molecule has 0 radical (unpaired) electrons. The van der Waals surface area contributed by atoms with E-state index in [9.17, 15) is 29.1 Å². The molecule has 12 N–H and O–H groups in total. The third kappa shape index (κ3) is 14.6. The van der Waals surface area contributed by atoms with Crippen molar-refractivity contribution in [2.75, 3.05) is 13.1 Å². The van der Waals surface area contributed by atoms with Crippen LogP contribution in [0.4, 0.5) is 0 Å².